The number of amides is 1. The van der Waals surface area contributed by atoms with Crippen LogP contribution in [0.1, 0.15) is 45.4 Å². The molecule has 0 aromatic rings. The molecule has 1 aliphatic carbocycles. The second-order valence-electron chi connectivity index (χ2n) is 4.61. The molecule has 0 radical (unpaired) electrons. The molecule has 1 unspecified atom stereocenters. The molecule has 0 aliphatic heterocycles. The minimum Gasteiger partial charge on any atom is -0.393 e. The zero-order valence-corrected chi connectivity index (χ0v) is 10.8. The van der Waals surface area contributed by atoms with Crippen molar-refractivity contribution in [2.75, 3.05) is 6.54 Å². The minimum atomic E-state index is -0.293. The molecule has 16 heavy (non-hydrogen) atoms. The van der Waals surface area contributed by atoms with E-state index in [1.807, 2.05) is 6.92 Å². The van der Waals surface area contributed by atoms with Gasteiger partial charge >= 0.3 is 0 Å². The highest BCUT2D eigenvalue weighted by Gasteiger charge is 2.20. The van der Waals surface area contributed by atoms with Gasteiger partial charge in [-0.1, -0.05) is 38.4 Å². The normalized spacial score (nSPS) is 19.1. The molecule has 0 bridgehead atoms. The Morgan fingerprint density at radius 1 is 1.44 bits per heavy atom. The molecule has 0 heterocycles. The van der Waals surface area contributed by atoms with E-state index in [9.17, 15) is 4.79 Å². The van der Waals surface area contributed by atoms with Crippen molar-refractivity contribution in [3.63, 3.8) is 0 Å². The molecule has 0 aromatic heterocycles. The van der Waals surface area contributed by atoms with Gasteiger partial charge in [-0.05, 0) is 25.2 Å². The maximum atomic E-state index is 11.8. The van der Waals surface area contributed by atoms with Crippen LogP contribution >= 0.6 is 12.2 Å². The Morgan fingerprint density at radius 3 is 2.56 bits per heavy atom. The summed E-state index contributed by atoms with van der Waals surface area (Å²) in [5, 5.41) is 2.98. The van der Waals surface area contributed by atoms with Gasteiger partial charge in [0.1, 0.15) is 0 Å². The van der Waals surface area contributed by atoms with Crippen molar-refractivity contribution >= 4 is 23.1 Å². The fraction of sp³-hybridized carbons (Fsp3) is 0.833. The van der Waals surface area contributed by atoms with Gasteiger partial charge in [-0.25, -0.2) is 0 Å². The van der Waals surface area contributed by atoms with Crippen LogP contribution in [0.2, 0.25) is 0 Å². The lowest BCUT2D eigenvalue weighted by Crippen LogP contribution is -2.39. The third-order valence-corrected chi connectivity index (χ3v) is 3.64. The molecule has 0 spiro atoms. The SMILES string of the molecule is CCC(C(=O)NCC1CCCCC1)C(N)=S. The van der Waals surface area contributed by atoms with E-state index in [1.165, 1.54) is 32.1 Å². The molecule has 1 fully saturated rings. The van der Waals surface area contributed by atoms with E-state index in [1.54, 1.807) is 0 Å². The van der Waals surface area contributed by atoms with E-state index in [4.69, 9.17) is 18.0 Å². The largest absolute Gasteiger partial charge is 0.393 e. The Bertz CT molecular complexity index is 249. The molecular weight excluding hydrogens is 220 g/mol. The molecule has 1 amide bonds. The van der Waals surface area contributed by atoms with Crippen LogP contribution in [0.15, 0.2) is 0 Å². The van der Waals surface area contributed by atoms with Crippen molar-refractivity contribution in [1.82, 2.24) is 5.32 Å². The number of rotatable bonds is 5. The molecule has 1 saturated carbocycles. The monoisotopic (exact) mass is 242 g/mol. The highest BCUT2D eigenvalue weighted by Crippen LogP contribution is 2.22. The van der Waals surface area contributed by atoms with Gasteiger partial charge in [0.25, 0.3) is 0 Å². The maximum Gasteiger partial charge on any atom is 0.229 e. The van der Waals surface area contributed by atoms with Gasteiger partial charge in [0.05, 0.1) is 10.9 Å². The van der Waals surface area contributed by atoms with Crippen LogP contribution in [-0.2, 0) is 4.79 Å². The number of nitrogens with one attached hydrogen (secondary N) is 1. The molecule has 1 atom stereocenters. The van der Waals surface area contributed by atoms with Gasteiger partial charge in [0.15, 0.2) is 0 Å². The maximum absolute atomic E-state index is 11.8. The van der Waals surface area contributed by atoms with E-state index >= 15 is 0 Å². The Hall–Kier alpha value is -0.640. The molecule has 3 N–H and O–H groups in total. The number of hydrogen-bond acceptors (Lipinski definition) is 2. The third-order valence-electron chi connectivity index (χ3n) is 3.36. The molecule has 92 valence electrons. The number of carbonyl (C=O) groups is 1. The van der Waals surface area contributed by atoms with Gasteiger partial charge in [-0.2, -0.15) is 0 Å². The average molecular weight is 242 g/mol. The third kappa shape index (κ3) is 4.08. The van der Waals surface area contributed by atoms with Crippen LogP contribution in [0.5, 0.6) is 0 Å². The highest BCUT2D eigenvalue weighted by molar-refractivity contribution is 7.80. The van der Waals surface area contributed by atoms with Crippen molar-refractivity contribution < 1.29 is 4.79 Å². The first kappa shape index (κ1) is 13.4. The Kier molecular flexibility index (Phi) is 5.74. The fourth-order valence-corrected chi connectivity index (χ4v) is 2.55. The summed E-state index contributed by atoms with van der Waals surface area (Å²) < 4.78 is 0. The summed E-state index contributed by atoms with van der Waals surface area (Å²) in [5.74, 6) is 0.362. The lowest BCUT2D eigenvalue weighted by atomic mass is 9.89. The minimum absolute atomic E-state index is 0.000531. The predicted octanol–water partition coefficient (Wildman–Crippen LogP) is 2.00. The smallest absolute Gasteiger partial charge is 0.229 e. The summed E-state index contributed by atoms with van der Waals surface area (Å²) >= 11 is 4.88. The van der Waals surface area contributed by atoms with Crippen molar-refractivity contribution in [2.24, 2.45) is 17.6 Å². The topological polar surface area (TPSA) is 55.1 Å². The van der Waals surface area contributed by atoms with Gasteiger partial charge in [-0.15, -0.1) is 0 Å². The number of thiocarbonyl (C=S) groups is 1. The summed E-state index contributed by atoms with van der Waals surface area (Å²) in [6, 6.07) is 0. The van der Waals surface area contributed by atoms with Crippen molar-refractivity contribution in [3.8, 4) is 0 Å². The Balaban J connectivity index is 2.30. The van der Waals surface area contributed by atoms with E-state index in [-0.39, 0.29) is 11.8 Å². The molecule has 1 aliphatic rings. The van der Waals surface area contributed by atoms with Crippen LogP contribution < -0.4 is 11.1 Å². The van der Waals surface area contributed by atoms with Crippen LogP contribution in [-0.4, -0.2) is 17.4 Å². The zero-order chi connectivity index (χ0) is 12.0. The summed E-state index contributed by atoms with van der Waals surface area (Å²) in [5.41, 5.74) is 5.53. The number of carbonyl (C=O) groups excluding carboxylic acids is 1. The summed E-state index contributed by atoms with van der Waals surface area (Å²) in [6.07, 6.45) is 7.11. The molecule has 1 rings (SSSR count). The Morgan fingerprint density at radius 2 is 2.06 bits per heavy atom. The second-order valence-corrected chi connectivity index (χ2v) is 5.08. The summed E-state index contributed by atoms with van der Waals surface area (Å²) in [7, 11) is 0. The van der Waals surface area contributed by atoms with E-state index in [0.29, 0.717) is 17.3 Å². The number of nitrogens with two attached hydrogens (primary N) is 1. The fourth-order valence-electron chi connectivity index (χ4n) is 2.28. The number of hydrogen-bond donors (Lipinski definition) is 2. The van der Waals surface area contributed by atoms with Gasteiger partial charge in [0, 0.05) is 6.54 Å². The summed E-state index contributed by atoms with van der Waals surface area (Å²) in [6.45, 7) is 2.72. The molecule has 0 saturated heterocycles. The standard InChI is InChI=1S/C12H22N2OS/c1-2-10(11(13)16)12(15)14-8-9-6-4-3-5-7-9/h9-10H,2-8H2,1H3,(H2,13,16)(H,14,15). The first-order valence-electron chi connectivity index (χ1n) is 6.22. The van der Waals surface area contributed by atoms with E-state index in [2.05, 4.69) is 5.32 Å². The van der Waals surface area contributed by atoms with Crippen molar-refractivity contribution in [1.29, 1.82) is 0 Å². The van der Waals surface area contributed by atoms with Crippen LogP contribution in [0.3, 0.4) is 0 Å². The highest BCUT2D eigenvalue weighted by atomic mass is 32.1. The Labute approximate surface area is 103 Å². The van der Waals surface area contributed by atoms with Gasteiger partial charge in [-0.3, -0.25) is 4.79 Å². The zero-order valence-electron chi connectivity index (χ0n) is 10.00. The second kappa shape index (κ2) is 6.84. The van der Waals surface area contributed by atoms with Gasteiger partial charge < -0.3 is 11.1 Å². The average Bonchev–Trinajstić information content (AvgIpc) is 2.28. The molecular formula is C12H22N2OS. The quantitative estimate of drug-likeness (QED) is 0.725. The summed E-state index contributed by atoms with van der Waals surface area (Å²) in [4.78, 5) is 12.1. The van der Waals surface area contributed by atoms with Crippen LogP contribution in [0.25, 0.3) is 0 Å². The van der Waals surface area contributed by atoms with Crippen molar-refractivity contribution in [2.45, 2.75) is 45.4 Å². The lowest BCUT2D eigenvalue weighted by Gasteiger charge is -2.23. The molecule has 3 nitrogen and oxygen atoms in total. The van der Waals surface area contributed by atoms with Crippen LogP contribution in [0.4, 0.5) is 0 Å². The van der Waals surface area contributed by atoms with Crippen molar-refractivity contribution in [3.05, 3.63) is 0 Å². The molecule has 0 aromatic carbocycles. The van der Waals surface area contributed by atoms with Gasteiger partial charge in [0.2, 0.25) is 5.91 Å². The van der Waals surface area contributed by atoms with E-state index in [0.717, 1.165) is 6.54 Å². The van der Waals surface area contributed by atoms with E-state index < -0.39 is 0 Å². The first-order chi connectivity index (χ1) is 7.65. The predicted molar refractivity (Wildman–Crippen MR) is 70.2 cm³/mol. The lowest BCUT2D eigenvalue weighted by molar-refractivity contribution is -0.123. The molecule has 4 heteroatoms. The first-order valence-corrected chi connectivity index (χ1v) is 6.63. The van der Waals surface area contributed by atoms with Crippen LogP contribution in [0, 0.1) is 11.8 Å².